The van der Waals surface area contributed by atoms with Crippen molar-refractivity contribution < 1.29 is 9.47 Å². The Hall–Kier alpha value is -0.120. The molecule has 2 saturated heterocycles. The van der Waals surface area contributed by atoms with Crippen molar-refractivity contribution in [2.24, 2.45) is 11.8 Å². The molecule has 0 radical (unpaired) electrons. The van der Waals surface area contributed by atoms with Gasteiger partial charge in [-0.15, -0.1) is 0 Å². The molecule has 0 amide bonds. The standard InChI is InChI=1S/C12H23NO2/c1-2-11(8-13-5-1)3-6-14-9-12-4-7-15-10-12/h11-13H,1-10H2. The summed E-state index contributed by atoms with van der Waals surface area (Å²) in [5.41, 5.74) is 0. The van der Waals surface area contributed by atoms with Gasteiger partial charge in [0.1, 0.15) is 0 Å². The molecule has 0 aromatic heterocycles. The normalized spacial score (nSPS) is 32.0. The van der Waals surface area contributed by atoms with Crippen LogP contribution in [-0.2, 0) is 9.47 Å². The van der Waals surface area contributed by atoms with Crippen molar-refractivity contribution in [1.82, 2.24) is 5.32 Å². The third-order valence-electron chi connectivity index (χ3n) is 3.45. The van der Waals surface area contributed by atoms with Crippen LogP contribution in [0.15, 0.2) is 0 Å². The summed E-state index contributed by atoms with van der Waals surface area (Å²) >= 11 is 0. The Bertz CT molecular complexity index is 163. The second-order valence-corrected chi connectivity index (χ2v) is 4.81. The van der Waals surface area contributed by atoms with Crippen molar-refractivity contribution in [1.29, 1.82) is 0 Å². The molecule has 2 fully saturated rings. The fourth-order valence-electron chi connectivity index (χ4n) is 2.39. The van der Waals surface area contributed by atoms with Crippen LogP contribution in [0.2, 0.25) is 0 Å². The number of hydrogen-bond donors (Lipinski definition) is 1. The summed E-state index contributed by atoms with van der Waals surface area (Å²) in [6, 6.07) is 0. The van der Waals surface area contributed by atoms with Crippen molar-refractivity contribution >= 4 is 0 Å². The number of hydrogen-bond acceptors (Lipinski definition) is 3. The predicted octanol–water partition coefficient (Wildman–Crippen LogP) is 1.43. The molecule has 0 aromatic carbocycles. The zero-order valence-corrected chi connectivity index (χ0v) is 9.54. The molecule has 88 valence electrons. The second kappa shape index (κ2) is 6.46. The lowest BCUT2D eigenvalue weighted by Gasteiger charge is -2.22. The molecular weight excluding hydrogens is 190 g/mol. The maximum absolute atomic E-state index is 5.71. The quantitative estimate of drug-likeness (QED) is 0.701. The smallest absolute Gasteiger partial charge is 0.0517 e. The Morgan fingerprint density at radius 1 is 1.27 bits per heavy atom. The van der Waals surface area contributed by atoms with E-state index in [1.54, 1.807) is 0 Å². The van der Waals surface area contributed by atoms with E-state index in [1.165, 1.54) is 38.8 Å². The van der Waals surface area contributed by atoms with E-state index in [4.69, 9.17) is 9.47 Å². The van der Waals surface area contributed by atoms with Gasteiger partial charge < -0.3 is 14.8 Å². The molecule has 1 N–H and O–H groups in total. The van der Waals surface area contributed by atoms with Gasteiger partial charge in [0.15, 0.2) is 0 Å². The molecule has 0 spiro atoms. The Balaban J connectivity index is 1.47. The summed E-state index contributed by atoms with van der Waals surface area (Å²) in [4.78, 5) is 0. The van der Waals surface area contributed by atoms with E-state index in [1.807, 2.05) is 0 Å². The summed E-state index contributed by atoms with van der Waals surface area (Å²) in [5, 5.41) is 3.44. The van der Waals surface area contributed by atoms with Crippen LogP contribution in [0.4, 0.5) is 0 Å². The maximum Gasteiger partial charge on any atom is 0.0517 e. The zero-order chi connectivity index (χ0) is 10.3. The predicted molar refractivity (Wildman–Crippen MR) is 60.0 cm³/mol. The lowest BCUT2D eigenvalue weighted by molar-refractivity contribution is 0.0785. The SMILES string of the molecule is C1CNCC(CCOCC2CCOC2)C1. The molecule has 2 rings (SSSR count). The maximum atomic E-state index is 5.71. The van der Waals surface area contributed by atoms with Gasteiger partial charge in [0.25, 0.3) is 0 Å². The van der Waals surface area contributed by atoms with Crippen LogP contribution in [0.3, 0.4) is 0 Å². The summed E-state index contributed by atoms with van der Waals surface area (Å²) in [6.45, 7) is 6.07. The highest BCUT2D eigenvalue weighted by molar-refractivity contribution is 4.69. The number of ether oxygens (including phenoxy) is 2. The van der Waals surface area contributed by atoms with Crippen LogP contribution in [0.1, 0.15) is 25.7 Å². The Kier molecular flexibility index (Phi) is 4.90. The fourth-order valence-corrected chi connectivity index (χ4v) is 2.39. The third-order valence-corrected chi connectivity index (χ3v) is 3.45. The highest BCUT2D eigenvalue weighted by Crippen LogP contribution is 2.15. The highest BCUT2D eigenvalue weighted by atomic mass is 16.5. The molecule has 3 nitrogen and oxygen atoms in total. The Morgan fingerprint density at radius 3 is 3.00 bits per heavy atom. The summed E-state index contributed by atoms with van der Waals surface area (Å²) in [6.07, 6.45) is 5.12. The molecule has 15 heavy (non-hydrogen) atoms. The lowest BCUT2D eigenvalue weighted by atomic mass is 9.97. The van der Waals surface area contributed by atoms with Crippen LogP contribution in [0, 0.1) is 11.8 Å². The van der Waals surface area contributed by atoms with Gasteiger partial charge in [0.2, 0.25) is 0 Å². The molecule has 2 unspecified atom stereocenters. The van der Waals surface area contributed by atoms with Crippen LogP contribution < -0.4 is 5.32 Å². The van der Waals surface area contributed by atoms with E-state index >= 15 is 0 Å². The molecule has 2 heterocycles. The first kappa shape index (κ1) is 11.4. The van der Waals surface area contributed by atoms with E-state index in [0.29, 0.717) is 5.92 Å². The van der Waals surface area contributed by atoms with E-state index < -0.39 is 0 Å². The van der Waals surface area contributed by atoms with Gasteiger partial charge in [0.05, 0.1) is 13.2 Å². The van der Waals surface area contributed by atoms with Crippen LogP contribution in [0.5, 0.6) is 0 Å². The molecule has 0 bridgehead atoms. The van der Waals surface area contributed by atoms with Crippen molar-refractivity contribution in [2.75, 3.05) is 39.5 Å². The zero-order valence-electron chi connectivity index (χ0n) is 9.54. The number of nitrogens with one attached hydrogen (secondary N) is 1. The van der Waals surface area contributed by atoms with Crippen molar-refractivity contribution in [3.63, 3.8) is 0 Å². The van der Waals surface area contributed by atoms with Gasteiger partial charge in [-0.3, -0.25) is 0 Å². The average Bonchev–Trinajstić information content (AvgIpc) is 2.79. The van der Waals surface area contributed by atoms with Crippen LogP contribution in [-0.4, -0.2) is 39.5 Å². The van der Waals surface area contributed by atoms with E-state index in [9.17, 15) is 0 Å². The van der Waals surface area contributed by atoms with Crippen molar-refractivity contribution in [2.45, 2.75) is 25.7 Å². The van der Waals surface area contributed by atoms with Crippen LogP contribution >= 0.6 is 0 Å². The summed E-state index contributed by atoms with van der Waals surface area (Å²) < 4.78 is 11.0. The van der Waals surface area contributed by atoms with E-state index in [-0.39, 0.29) is 0 Å². The Labute approximate surface area is 92.5 Å². The van der Waals surface area contributed by atoms with E-state index in [2.05, 4.69) is 5.32 Å². The van der Waals surface area contributed by atoms with Gasteiger partial charge in [-0.1, -0.05) is 0 Å². The fraction of sp³-hybridized carbons (Fsp3) is 1.00. The van der Waals surface area contributed by atoms with Gasteiger partial charge in [-0.2, -0.15) is 0 Å². The molecule has 0 saturated carbocycles. The van der Waals surface area contributed by atoms with Gasteiger partial charge in [-0.05, 0) is 44.7 Å². The minimum Gasteiger partial charge on any atom is -0.381 e. The van der Waals surface area contributed by atoms with Gasteiger partial charge >= 0.3 is 0 Å². The van der Waals surface area contributed by atoms with Crippen molar-refractivity contribution in [3.8, 4) is 0 Å². The molecule has 0 aromatic rings. The summed E-state index contributed by atoms with van der Waals surface area (Å²) in [7, 11) is 0. The first-order valence-electron chi connectivity index (χ1n) is 6.31. The first-order valence-corrected chi connectivity index (χ1v) is 6.31. The molecule has 2 aliphatic heterocycles. The molecule has 2 atom stereocenters. The van der Waals surface area contributed by atoms with Gasteiger partial charge in [0, 0.05) is 19.1 Å². The van der Waals surface area contributed by atoms with Crippen LogP contribution in [0.25, 0.3) is 0 Å². The third kappa shape index (κ3) is 4.09. The van der Waals surface area contributed by atoms with Crippen molar-refractivity contribution in [3.05, 3.63) is 0 Å². The second-order valence-electron chi connectivity index (χ2n) is 4.81. The average molecular weight is 213 g/mol. The molecule has 3 heteroatoms. The minimum atomic E-state index is 0.662. The highest BCUT2D eigenvalue weighted by Gasteiger charge is 2.16. The Morgan fingerprint density at radius 2 is 2.27 bits per heavy atom. The summed E-state index contributed by atoms with van der Waals surface area (Å²) in [5.74, 6) is 1.51. The largest absolute Gasteiger partial charge is 0.381 e. The monoisotopic (exact) mass is 213 g/mol. The van der Waals surface area contributed by atoms with Gasteiger partial charge in [-0.25, -0.2) is 0 Å². The molecule has 0 aliphatic carbocycles. The lowest BCUT2D eigenvalue weighted by Crippen LogP contribution is -2.30. The topological polar surface area (TPSA) is 30.5 Å². The van der Waals surface area contributed by atoms with E-state index in [0.717, 1.165) is 32.3 Å². The molecular formula is C12H23NO2. The minimum absolute atomic E-state index is 0.662. The number of piperidine rings is 1. The number of rotatable bonds is 5. The molecule has 2 aliphatic rings. The first-order chi connectivity index (χ1) is 7.45.